The smallest absolute Gasteiger partial charge is 0.113 e. The molecule has 2 atom stereocenters. The molecule has 1 aliphatic rings. The predicted molar refractivity (Wildman–Crippen MR) is 64.7 cm³/mol. The Morgan fingerprint density at radius 2 is 2.24 bits per heavy atom. The molecular weight excluding hydrogens is 238 g/mol. The highest BCUT2D eigenvalue weighted by molar-refractivity contribution is 6.30. The van der Waals surface area contributed by atoms with E-state index in [1.54, 1.807) is 4.68 Å². The standard InChI is InChI=1S/C12H12ClN3O/c13-9-3-1-2-8(6-9)10-7-16(15-14-10)11-4-5-12(11)17/h1-3,6-7,11-12,17H,4-5H2/t11-,12-/m0/s1. The minimum Gasteiger partial charge on any atom is -0.391 e. The number of aliphatic hydroxyl groups excluding tert-OH is 1. The molecule has 0 aliphatic heterocycles. The quantitative estimate of drug-likeness (QED) is 0.889. The number of hydrogen-bond acceptors (Lipinski definition) is 3. The van der Waals surface area contributed by atoms with Crippen molar-refractivity contribution in [1.82, 2.24) is 15.0 Å². The van der Waals surface area contributed by atoms with E-state index < -0.39 is 0 Å². The largest absolute Gasteiger partial charge is 0.391 e. The van der Waals surface area contributed by atoms with Gasteiger partial charge in [-0.15, -0.1) is 5.10 Å². The van der Waals surface area contributed by atoms with E-state index in [-0.39, 0.29) is 12.1 Å². The summed E-state index contributed by atoms with van der Waals surface area (Å²) in [6.45, 7) is 0. The average Bonchev–Trinajstić information content (AvgIpc) is 2.76. The maximum Gasteiger partial charge on any atom is 0.113 e. The highest BCUT2D eigenvalue weighted by Crippen LogP contribution is 2.32. The van der Waals surface area contributed by atoms with E-state index in [0.29, 0.717) is 5.02 Å². The molecule has 0 spiro atoms. The average molecular weight is 250 g/mol. The zero-order chi connectivity index (χ0) is 11.8. The lowest BCUT2D eigenvalue weighted by Gasteiger charge is -2.31. The summed E-state index contributed by atoms with van der Waals surface area (Å²) >= 11 is 5.93. The zero-order valence-electron chi connectivity index (χ0n) is 9.12. The van der Waals surface area contributed by atoms with Crippen molar-refractivity contribution >= 4 is 11.6 Å². The van der Waals surface area contributed by atoms with Crippen molar-refractivity contribution in [3.05, 3.63) is 35.5 Å². The second-order valence-electron chi connectivity index (χ2n) is 4.31. The van der Waals surface area contributed by atoms with Crippen molar-refractivity contribution in [2.75, 3.05) is 0 Å². The van der Waals surface area contributed by atoms with Crippen LogP contribution in [0.25, 0.3) is 11.3 Å². The van der Waals surface area contributed by atoms with Crippen molar-refractivity contribution in [3.8, 4) is 11.3 Å². The van der Waals surface area contributed by atoms with Gasteiger partial charge in [-0.3, -0.25) is 0 Å². The molecule has 3 rings (SSSR count). The Balaban J connectivity index is 1.89. The van der Waals surface area contributed by atoms with E-state index in [4.69, 9.17) is 11.6 Å². The third-order valence-electron chi connectivity index (χ3n) is 3.17. The Bertz CT molecular complexity index is 540. The first-order chi connectivity index (χ1) is 8.24. The molecule has 0 saturated heterocycles. The van der Waals surface area contributed by atoms with Gasteiger partial charge in [0, 0.05) is 10.6 Å². The SMILES string of the molecule is O[C@H]1CC[C@@H]1n1cc(-c2cccc(Cl)c2)nn1. The summed E-state index contributed by atoms with van der Waals surface area (Å²) in [5.74, 6) is 0. The van der Waals surface area contributed by atoms with Crippen molar-refractivity contribution < 1.29 is 5.11 Å². The molecule has 5 heteroatoms. The minimum atomic E-state index is -0.288. The molecule has 1 aliphatic carbocycles. The van der Waals surface area contributed by atoms with Gasteiger partial charge in [0.25, 0.3) is 0 Å². The number of benzene rings is 1. The fourth-order valence-corrected chi connectivity index (χ4v) is 2.18. The van der Waals surface area contributed by atoms with Crippen molar-refractivity contribution in [2.24, 2.45) is 0 Å². The second-order valence-corrected chi connectivity index (χ2v) is 4.74. The first-order valence-corrected chi connectivity index (χ1v) is 5.98. The molecule has 0 amide bonds. The minimum absolute atomic E-state index is 0.0791. The van der Waals surface area contributed by atoms with Gasteiger partial charge in [0.2, 0.25) is 0 Å². The summed E-state index contributed by atoms with van der Waals surface area (Å²) in [5.41, 5.74) is 1.73. The summed E-state index contributed by atoms with van der Waals surface area (Å²) in [6.07, 6.45) is 3.37. The number of nitrogens with zero attached hydrogens (tertiary/aromatic N) is 3. The Labute approximate surface area is 104 Å². The fourth-order valence-electron chi connectivity index (χ4n) is 1.99. The van der Waals surface area contributed by atoms with E-state index in [2.05, 4.69) is 10.3 Å². The van der Waals surface area contributed by atoms with Crippen LogP contribution >= 0.6 is 11.6 Å². The maximum atomic E-state index is 9.58. The molecule has 1 heterocycles. The van der Waals surface area contributed by atoms with Gasteiger partial charge in [-0.25, -0.2) is 4.68 Å². The van der Waals surface area contributed by atoms with Gasteiger partial charge in [-0.05, 0) is 25.0 Å². The third-order valence-corrected chi connectivity index (χ3v) is 3.41. The molecule has 2 aromatic rings. The summed E-state index contributed by atoms with van der Waals surface area (Å²) < 4.78 is 1.74. The Hall–Kier alpha value is -1.39. The Morgan fingerprint density at radius 3 is 2.88 bits per heavy atom. The van der Waals surface area contributed by atoms with Crippen LogP contribution in [0, 0.1) is 0 Å². The first kappa shape index (κ1) is 10.7. The number of aromatic nitrogens is 3. The molecule has 17 heavy (non-hydrogen) atoms. The van der Waals surface area contributed by atoms with Crippen LogP contribution in [0.2, 0.25) is 5.02 Å². The van der Waals surface area contributed by atoms with Crippen LogP contribution in [-0.2, 0) is 0 Å². The molecular formula is C12H12ClN3O. The normalized spacial score (nSPS) is 23.4. The molecule has 0 unspecified atom stereocenters. The Morgan fingerprint density at radius 1 is 1.35 bits per heavy atom. The van der Waals surface area contributed by atoms with E-state index in [1.807, 2.05) is 30.5 Å². The molecule has 4 nitrogen and oxygen atoms in total. The van der Waals surface area contributed by atoms with Gasteiger partial charge >= 0.3 is 0 Å². The van der Waals surface area contributed by atoms with Gasteiger partial charge in [-0.2, -0.15) is 0 Å². The second kappa shape index (κ2) is 4.13. The molecule has 0 bridgehead atoms. The van der Waals surface area contributed by atoms with Crippen LogP contribution in [0.4, 0.5) is 0 Å². The van der Waals surface area contributed by atoms with Crippen LogP contribution in [0.15, 0.2) is 30.5 Å². The molecule has 1 N–H and O–H groups in total. The first-order valence-electron chi connectivity index (χ1n) is 5.60. The summed E-state index contributed by atoms with van der Waals surface area (Å²) in [5, 5.41) is 18.4. The van der Waals surface area contributed by atoms with E-state index >= 15 is 0 Å². The number of aliphatic hydroxyl groups is 1. The van der Waals surface area contributed by atoms with Gasteiger partial charge in [0.15, 0.2) is 0 Å². The van der Waals surface area contributed by atoms with Gasteiger partial charge < -0.3 is 5.11 Å². The number of hydrogen-bond donors (Lipinski definition) is 1. The van der Waals surface area contributed by atoms with Crippen LogP contribution in [-0.4, -0.2) is 26.2 Å². The van der Waals surface area contributed by atoms with Crippen molar-refractivity contribution in [3.63, 3.8) is 0 Å². The van der Waals surface area contributed by atoms with Gasteiger partial charge in [0.05, 0.1) is 18.3 Å². The molecule has 88 valence electrons. The predicted octanol–water partition coefficient (Wildman–Crippen LogP) is 2.29. The summed E-state index contributed by atoms with van der Waals surface area (Å²) in [7, 11) is 0. The lowest BCUT2D eigenvalue weighted by molar-refractivity contribution is 0.0244. The van der Waals surface area contributed by atoms with Gasteiger partial charge in [-0.1, -0.05) is 28.9 Å². The van der Waals surface area contributed by atoms with Crippen LogP contribution in [0.1, 0.15) is 18.9 Å². The molecule has 1 saturated carbocycles. The maximum absolute atomic E-state index is 9.58. The van der Waals surface area contributed by atoms with E-state index in [9.17, 15) is 5.11 Å². The third kappa shape index (κ3) is 1.94. The van der Waals surface area contributed by atoms with Crippen LogP contribution < -0.4 is 0 Å². The van der Waals surface area contributed by atoms with Crippen molar-refractivity contribution in [2.45, 2.75) is 25.0 Å². The highest BCUT2D eigenvalue weighted by Gasteiger charge is 2.31. The molecule has 1 aromatic heterocycles. The fraction of sp³-hybridized carbons (Fsp3) is 0.333. The van der Waals surface area contributed by atoms with Crippen molar-refractivity contribution in [1.29, 1.82) is 0 Å². The monoisotopic (exact) mass is 249 g/mol. The Kier molecular flexibility index (Phi) is 2.61. The molecule has 1 aromatic carbocycles. The lowest BCUT2D eigenvalue weighted by Crippen LogP contribution is -2.33. The van der Waals surface area contributed by atoms with E-state index in [1.165, 1.54) is 0 Å². The number of rotatable bonds is 2. The highest BCUT2D eigenvalue weighted by atomic mass is 35.5. The van der Waals surface area contributed by atoms with Gasteiger partial charge in [0.1, 0.15) is 5.69 Å². The summed E-state index contributed by atoms with van der Waals surface area (Å²) in [6, 6.07) is 7.58. The zero-order valence-corrected chi connectivity index (χ0v) is 9.88. The molecule has 0 radical (unpaired) electrons. The number of halogens is 1. The van der Waals surface area contributed by atoms with Crippen LogP contribution in [0.3, 0.4) is 0 Å². The lowest BCUT2D eigenvalue weighted by atomic mass is 9.89. The molecule has 1 fully saturated rings. The summed E-state index contributed by atoms with van der Waals surface area (Å²) in [4.78, 5) is 0. The van der Waals surface area contributed by atoms with E-state index in [0.717, 1.165) is 24.1 Å². The topological polar surface area (TPSA) is 50.9 Å². The van der Waals surface area contributed by atoms with Crippen LogP contribution in [0.5, 0.6) is 0 Å².